The van der Waals surface area contributed by atoms with Crippen molar-refractivity contribution in [3.05, 3.63) is 52.5 Å². The molecule has 3 rings (SSSR count). The van der Waals surface area contributed by atoms with Crippen LogP contribution in [0.15, 0.2) is 29.3 Å². The van der Waals surface area contributed by atoms with Crippen molar-refractivity contribution in [2.24, 2.45) is 0 Å². The third-order valence-corrected chi connectivity index (χ3v) is 6.04. The Balaban J connectivity index is 1.55. The van der Waals surface area contributed by atoms with Crippen molar-refractivity contribution in [1.29, 1.82) is 5.26 Å². The van der Waals surface area contributed by atoms with Crippen LogP contribution in [0.5, 0.6) is 0 Å². The lowest BCUT2D eigenvalue weighted by molar-refractivity contribution is -0.128. The maximum Gasteiger partial charge on any atom is 0.233 e. The number of carbonyl (C=O) groups excluding carboxylic acids is 1. The highest BCUT2D eigenvalue weighted by molar-refractivity contribution is 8.00. The van der Waals surface area contributed by atoms with Gasteiger partial charge in [-0.15, -0.1) is 0 Å². The van der Waals surface area contributed by atoms with E-state index in [1.165, 1.54) is 22.9 Å². The van der Waals surface area contributed by atoms with Crippen LogP contribution in [-0.4, -0.2) is 57.6 Å². The zero-order chi connectivity index (χ0) is 20.8. The Bertz CT molecular complexity index is 907. The highest BCUT2D eigenvalue weighted by Gasteiger charge is 2.20. The van der Waals surface area contributed by atoms with E-state index in [0.717, 1.165) is 39.1 Å². The minimum atomic E-state index is 0.102. The van der Waals surface area contributed by atoms with Crippen molar-refractivity contribution in [3.8, 4) is 6.07 Å². The maximum atomic E-state index is 12.8. The minimum Gasteiger partial charge on any atom is -0.341 e. The van der Waals surface area contributed by atoms with Gasteiger partial charge in [-0.2, -0.15) is 5.26 Å². The summed E-state index contributed by atoms with van der Waals surface area (Å²) in [5.41, 5.74) is 3.71. The lowest BCUT2D eigenvalue weighted by atomic mass is 10.1. The molecule has 0 saturated carbocycles. The van der Waals surface area contributed by atoms with Crippen LogP contribution in [0.1, 0.15) is 34.6 Å². The molecule has 1 aromatic carbocycles. The first-order chi connectivity index (χ1) is 14.0. The standard InChI is InChI=1S/C22H27N5OS/c1-16-5-7-19(8-6-16)14-26-9-4-10-27(12-11-26)21(28)15-29-22-20(13-23)17(2)24-18(3)25-22/h5-8H,4,9-12,14-15H2,1-3H3. The van der Waals surface area contributed by atoms with Crippen molar-refractivity contribution >= 4 is 17.7 Å². The molecule has 1 fully saturated rings. The average Bonchev–Trinajstić information content (AvgIpc) is 2.93. The predicted molar refractivity (Wildman–Crippen MR) is 115 cm³/mol. The van der Waals surface area contributed by atoms with Gasteiger partial charge in [-0.05, 0) is 32.8 Å². The third kappa shape index (κ3) is 5.78. The van der Waals surface area contributed by atoms with Crippen LogP contribution in [0.3, 0.4) is 0 Å². The van der Waals surface area contributed by atoms with Crippen molar-refractivity contribution in [2.45, 2.75) is 38.8 Å². The van der Waals surface area contributed by atoms with E-state index in [0.29, 0.717) is 27.9 Å². The number of benzene rings is 1. The number of carbonyl (C=O) groups is 1. The quantitative estimate of drug-likeness (QED) is 0.558. The molecule has 0 unspecified atom stereocenters. The molecular weight excluding hydrogens is 382 g/mol. The van der Waals surface area contributed by atoms with Gasteiger partial charge in [0.15, 0.2) is 0 Å². The Kier molecular flexibility index (Phi) is 7.24. The number of thioether (sulfide) groups is 1. The summed E-state index contributed by atoms with van der Waals surface area (Å²) in [5, 5.41) is 9.96. The molecule has 1 amide bonds. The molecule has 152 valence electrons. The van der Waals surface area contributed by atoms with Gasteiger partial charge in [0, 0.05) is 32.7 Å². The monoisotopic (exact) mass is 409 g/mol. The lowest BCUT2D eigenvalue weighted by Gasteiger charge is -2.22. The summed E-state index contributed by atoms with van der Waals surface area (Å²) in [4.78, 5) is 25.7. The van der Waals surface area contributed by atoms with Gasteiger partial charge in [0.05, 0.1) is 11.4 Å². The van der Waals surface area contributed by atoms with Gasteiger partial charge in [-0.1, -0.05) is 41.6 Å². The second-order valence-electron chi connectivity index (χ2n) is 7.43. The first-order valence-corrected chi connectivity index (χ1v) is 10.9. The second kappa shape index (κ2) is 9.86. The number of hydrogen-bond donors (Lipinski definition) is 0. The molecule has 6 nitrogen and oxygen atoms in total. The number of nitrogens with zero attached hydrogens (tertiary/aromatic N) is 5. The molecule has 0 radical (unpaired) electrons. The Morgan fingerprint density at radius 1 is 1.10 bits per heavy atom. The van der Waals surface area contributed by atoms with E-state index in [1.54, 1.807) is 13.8 Å². The molecule has 0 bridgehead atoms. The van der Waals surface area contributed by atoms with Crippen LogP contribution in [0.25, 0.3) is 0 Å². The van der Waals surface area contributed by atoms with Crippen molar-refractivity contribution < 1.29 is 4.79 Å². The summed E-state index contributed by atoms with van der Waals surface area (Å²) in [6.07, 6.45) is 0.970. The van der Waals surface area contributed by atoms with Gasteiger partial charge in [-0.3, -0.25) is 9.69 Å². The Morgan fingerprint density at radius 3 is 2.59 bits per heavy atom. The van der Waals surface area contributed by atoms with Gasteiger partial charge < -0.3 is 4.90 Å². The SMILES string of the molecule is Cc1ccc(CN2CCCN(C(=O)CSc3nc(C)nc(C)c3C#N)CC2)cc1. The highest BCUT2D eigenvalue weighted by atomic mass is 32.2. The average molecular weight is 410 g/mol. The van der Waals surface area contributed by atoms with Crippen LogP contribution >= 0.6 is 11.8 Å². The van der Waals surface area contributed by atoms with E-state index >= 15 is 0 Å². The van der Waals surface area contributed by atoms with Gasteiger partial charge in [0.1, 0.15) is 22.5 Å². The molecule has 0 atom stereocenters. The maximum absolute atomic E-state index is 12.8. The van der Waals surface area contributed by atoms with Crippen LogP contribution in [0, 0.1) is 32.1 Å². The predicted octanol–water partition coefficient (Wildman–Crippen LogP) is 3.10. The van der Waals surface area contributed by atoms with E-state index in [9.17, 15) is 10.1 Å². The first kappa shape index (κ1) is 21.3. The molecule has 1 aromatic heterocycles. The third-order valence-electron chi connectivity index (χ3n) is 5.08. The van der Waals surface area contributed by atoms with E-state index in [2.05, 4.69) is 52.1 Å². The van der Waals surface area contributed by atoms with Gasteiger partial charge >= 0.3 is 0 Å². The van der Waals surface area contributed by atoms with Crippen LogP contribution in [0.4, 0.5) is 0 Å². The van der Waals surface area contributed by atoms with Gasteiger partial charge in [0.2, 0.25) is 5.91 Å². The Hall–Kier alpha value is -2.43. The minimum absolute atomic E-state index is 0.102. The molecule has 0 spiro atoms. The molecule has 2 aromatic rings. The fourth-order valence-corrected chi connectivity index (χ4v) is 4.44. The van der Waals surface area contributed by atoms with Crippen molar-refractivity contribution in [2.75, 3.05) is 31.9 Å². The number of hydrogen-bond acceptors (Lipinski definition) is 6. The van der Waals surface area contributed by atoms with E-state index in [-0.39, 0.29) is 5.91 Å². The van der Waals surface area contributed by atoms with Crippen molar-refractivity contribution in [3.63, 3.8) is 0 Å². The zero-order valence-corrected chi connectivity index (χ0v) is 18.1. The topological polar surface area (TPSA) is 73.1 Å². The molecule has 29 heavy (non-hydrogen) atoms. The molecule has 0 aliphatic carbocycles. The van der Waals surface area contributed by atoms with Crippen LogP contribution < -0.4 is 0 Å². The molecule has 0 N–H and O–H groups in total. The van der Waals surface area contributed by atoms with Crippen LogP contribution in [-0.2, 0) is 11.3 Å². The van der Waals surface area contributed by atoms with Gasteiger partial charge in [0.25, 0.3) is 0 Å². The molecule has 1 saturated heterocycles. The lowest BCUT2D eigenvalue weighted by Crippen LogP contribution is -2.36. The Morgan fingerprint density at radius 2 is 1.86 bits per heavy atom. The zero-order valence-electron chi connectivity index (χ0n) is 17.3. The summed E-state index contributed by atoms with van der Waals surface area (Å²) >= 11 is 1.33. The highest BCUT2D eigenvalue weighted by Crippen LogP contribution is 2.22. The number of rotatable bonds is 5. The summed E-state index contributed by atoms with van der Waals surface area (Å²) in [6, 6.07) is 10.8. The molecule has 2 heterocycles. The fraction of sp³-hybridized carbons (Fsp3) is 0.455. The summed E-state index contributed by atoms with van der Waals surface area (Å²) in [7, 11) is 0. The van der Waals surface area contributed by atoms with Crippen molar-refractivity contribution in [1.82, 2.24) is 19.8 Å². The molecule has 7 heteroatoms. The molecular formula is C22H27N5OS. The van der Waals surface area contributed by atoms with E-state index in [1.807, 2.05) is 4.90 Å². The van der Waals surface area contributed by atoms with E-state index in [4.69, 9.17) is 0 Å². The smallest absolute Gasteiger partial charge is 0.233 e. The normalized spacial score (nSPS) is 15.0. The number of aryl methyl sites for hydroxylation is 3. The molecule has 1 aliphatic heterocycles. The summed E-state index contributed by atoms with van der Waals surface area (Å²) < 4.78 is 0. The van der Waals surface area contributed by atoms with Gasteiger partial charge in [-0.25, -0.2) is 9.97 Å². The molecule has 1 aliphatic rings. The fourth-order valence-electron chi connectivity index (χ4n) is 3.47. The summed E-state index contributed by atoms with van der Waals surface area (Å²) in [5.74, 6) is 1.02. The largest absolute Gasteiger partial charge is 0.341 e. The second-order valence-corrected chi connectivity index (χ2v) is 8.40. The first-order valence-electron chi connectivity index (χ1n) is 9.90. The number of nitriles is 1. The Labute approximate surface area is 176 Å². The summed E-state index contributed by atoms with van der Waals surface area (Å²) in [6.45, 7) is 10.00. The van der Waals surface area contributed by atoms with Crippen LogP contribution in [0.2, 0.25) is 0 Å². The number of amides is 1. The number of aromatic nitrogens is 2. The van der Waals surface area contributed by atoms with E-state index < -0.39 is 0 Å².